The average Bonchev–Trinajstić information content (AvgIpc) is 2.64. The number of nitrogens with zero attached hydrogens (tertiary/aromatic N) is 2. The topological polar surface area (TPSA) is 96.0 Å². The van der Waals surface area contributed by atoms with Crippen LogP contribution in [0.2, 0.25) is 0 Å². The van der Waals surface area contributed by atoms with Gasteiger partial charge in [-0.1, -0.05) is 22.0 Å². The fraction of sp³-hybridized carbons (Fsp3) is 0.579. The van der Waals surface area contributed by atoms with E-state index >= 15 is 0 Å². The maximum Gasteiger partial charge on any atom is 0.407 e. The van der Waals surface area contributed by atoms with Crippen molar-refractivity contribution in [2.75, 3.05) is 32.7 Å². The molecule has 0 saturated carbocycles. The van der Waals surface area contributed by atoms with Crippen LogP contribution in [-0.2, 0) is 19.6 Å². The van der Waals surface area contributed by atoms with E-state index in [1.165, 1.54) is 4.31 Å². The third-order valence-corrected chi connectivity index (χ3v) is 6.65. The summed E-state index contributed by atoms with van der Waals surface area (Å²) in [6.45, 7) is 6.92. The van der Waals surface area contributed by atoms with Gasteiger partial charge in [-0.05, 0) is 45.4 Å². The van der Waals surface area contributed by atoms with E-state index in [9.17, 15) is 18.0 Å². The number of halogens is 1. The number of carbonyl (C=O) groups excluding carboxylic acids is 2. The molecule has 0 unspecified atom stereocenters. The van der Waals surface area contributed by atoms with Crippen molar-refractivity contribution in [2.24, 2.45) is 0 Å². The number of amides is 2. The van der Waals surface area contributed by atoms with E-state index in [0.717, 1.165) is 0 Å². The lowest BCUT2D eigenvalue weighted by atomic mass is 10.2. The number of carbonyl (C=O) groups is 2. The van der Waals surface area contributed by atoms with E-state index in [0.29, 0.717) is 30.5 Å². The van der Waals surface area contributed by atoms with Gasteiger partial charge in [0.1, 0.15) is 5.60 Å². The number of benzene rings is 1. The summed E-state index contributed by atoms with van der Waals surface area (Å²) in [5.74, 6) is -0.0458. The molecule has 162 valence electrons. The molecule has 0 aromatic heterocycles. The van der Waals surface area contributed by atoms with E-state index in [2.05, 4.69) is 21.2 Å². The quantitative estimate of drug-likeness (QED) is 0.619. The van der Waals surface area contributed by atoms with Gasteiger partial charge in [0.05, 0.1) is 4.90 Å². The summed E-state index contributed by atoms with van der Waals surface area (Å²) in [4.78, 5) is 25.8. The molecule has 29 heavy (non-hydrogen) atoms. The van der Waals surface area contributed by atoms with Crippen molar-refractivity contribution in [1.82, 2.24) is 14.5 Å². The Kier molecular flexibility index (Phi) is 8.07. The van der Waals surface area contributed by atoms with Gasteiger partial charge < -0.3 is 15.0 Å². The van der Waals surface area contributed by atoms with Crippen LogP contribution in [0.1, 0.15) is 33.6 Å². The number of ether oxygens (including phenoxy) is 1. The highest BCUT2D eigenvalue weighted by atomic mass is 79.9. The molecule has 1 aromatic rings. The van der Waals surface area contributed by atoms with Gasteiger partial charge in [0.2, 0.25) is 15.9 Å². The number of piperazine rings is 1. The molecule has 2 amide bonds. The normalized spacial score (nSPS) is 15.8. The van der Waals surface area contributed by atoms with E-state index in [4.69, 9.17) is 4.74 Å². The molecule has 8 nitrogen and oxygen atoms in total. The molecule has 0 aliphatic carbocycles. The van der Waals surface area contributed by atoms with E-state index in [-0.39, 0.29) is 30.3 Å². The molecule has 1 fully saturated rings. The van der Waals surface area contributed by atoms with E-state index < -0.39 is 21.7 Å². The third-order valence-electron chi connectivity index (χ3n) is 4.26. The van der Waals surface area contributed by atoms with Gasteiger partial charge in [-0.2, -0.15) is 4.31 Å². The van der Waals surface area contributed by atoms with Crippen molar-refractivity contribution in [2.45, 2.75) is 44.1 Å². The number of hydrogen-bond acceptors (Lipinski definition) is 5. The van der Waals surface area contributed by atoms with Gasteiger partial charge in [-0.25, -0.2) is 13.2 Å². The van der Waals surface area contributed by atoms with Crippen molar-refractivity contribution < 1.29 is 22.7 Å². The fourth-order valence-electron chi connectivity index (χ4n) is 2.86. The number of sulfonamides is 1. The minimum Gasteiger partial charge on any atom is -0.444 e. The van der Waals surface area contributed by atoms with Gasteiger partial charge in [0.25, 0.3) is 0 Å². The molecular weight excluding hydrogens is 462 g/mol. The summed E-state index contributed by atoms with van der Waals surface area (Å²) in [6, 6.07) is 6.59. The molecule has 0 atom stereocenters. The molecule has 0 radical (unpaired) electrons. The predicted molar refractivity (Wildman–Crippen MR) is 113 cm³/mol. The van der Waals surface area contributed by atoms with Crippen LogP contribution in [0.3, 0.4) is 0 Å². The van der Waals surface area contributed by atoms with Crippen LogP contribution in [0.25, 0.3) is 0 Å². The molecule has 1 aromatic carbocycles. The van der Waals surface area contributed by atoms with Crippen LogP contribution in [0.15, 0.2) is 33.6 Å². The van der Waals surface area contributed by atoms with Crippen molar-refractivity contribution in [3.8, 4) is 0 Å². The Balaban J connectivity index is 1.76. The van der Waals surface area contributed by atoms with Crippen molar-refractivity contribution in [1.29, 1.82) is 0 Å². The second-order valence-corrected chi connectivity index (χ2v) is 10.6. The minimum atomic E-state index is -3.58. The number of nitrogens with one attached hydrogen (secondary N) is 1. The maximum atomic E-state index is 12.7. The second kappa shape index (κ2) is 9.90. The summed E-state index contributed by atoms with van der Waals surface area (Å²) in [6.07, 6.45) is 0.277. The number of rotatable bonds is 6. The summed E-state index contributed by atoms with van der Waals surface area (Å²) in [7, 11) is -3.58. The van der Waals surface area contributed by atoms with Crippen LogP contribution >= 0.6 is 15.9 Å². The Hall–Kier alpha value is -1.65. The maximum absolute atomic E-state index is 12.7. The SMILES string of the molecule is CC(C)(C)OC(=O)NCCCC(=O)N1CCN(S(=O)(=O)c2cccc(Br)c2)CC1. The van der Waals surface area contributed by atoms with Crippen molar-refractivity contribution >= 4 is 38.0 Å². The summed E-state index contributed by atoms with van der Waals surface area (Å²) >= 11 is 3.29. The molecule has 1 aliphatic rings. The monoisotopic (exact) mass is 489 g/mol. The highest BCUT2D eigenvalue weighted by Crippen LogP contribution is 2.21. The largest absolute Gasteiger partial charge is 0.444 e. The Labute approximate surface area is 180 Å². The molecule has 10 heteroatoms. The Morgan fingerprint density at radius 1 is 1.17 bits per heavy atom. The zero-order chi connectivity index (χ0) is 21.7. The van der Waals surface area contributed by atoms with Crippen LogP contribution < -0.4 is 5.32 Å². The minimum absolute atomic E-state index is 0.0458. The first-order chi connectivity index (χ1) is 13.5. The molecule has 1 N–H and O–H groups in total. The van der Waals surface area contributed by atoms with Gasteiger partial charge in [0.15, 0.2) is 0 Å². The lowest BCUT2D eigenvalue weighted by molar-refractivity contribution is -0.132. The molecule has 1 aliphatic heterocycles. The van der Waals surface area contributed by atoms with Crippen molar-refractivity contribution in [3.05, 3.63) is 28.7 Å². The summed E-state index contributed by atoms with van der Waals surface area (Å²) in [5, 5.41) is 2.62. The molecule has 1 saturated heterocycles. The van der Waals surface area contributed by atoms with Crippen LogP contribution in [-0.4, -0.2) is 67.9 Å². The third kappa shape index (κ3) is 7.27. The standard InChI is InChI=1S/C19H28BrN3O5S/c1-19(2,3)28-18(25)21-9-5-8-17(24)22-10-12-23(13-11-22)29(26,27)16-7-4-6-15(20)14-16/h4,6-7,14H,5,8-13H2,1-3H3,(H,21,25). The lowest BCUT2D eigenvalue weighted by Crippen LogP contribution is -2.50. The molecule has 1 heterocycles. The van der Waals surface area contributed by atoms with Gasteiger partial charge in [-0.3, -0.25) is 4.79 Å². The smallest absolute Gasteiger partial charge is 0.407 e. The van der Waals surface area contributed by atoms with Gasteiger partial charge >= 0.3 is 6.09 Å². The van der Waals surface area contributed by atoms with Crippen molar-refractivity contribution in [3.63, 3.8) is 0 Å². The fourth-order valence-corrected chi connectivity index (χ4v) is 4.88. The van der Waals surface area contributed by atoms with Crippen LogP contribution in [0.4, 0.5) is 4.79 Å². The second-order valence-electron chi connectivity index (χ2n) is 7.77. The zero-order valence-electron chi connectivity index (χ0n) is 17.0. The predicted octanol–water partition coefficient (Wildman–Crippen LogP) is 2.59. The molecule has 0 bridgehead atoms. The van der Waals surface area contributed by atoms with Gasteiger partial charge in [0, 0.05) is 43.6 Å². The first-order valence-electron chi connectivity index (χ1n) is 9.49. The van der Waals surface area contributed by atoms with E-state index in [1.807, 2.05) is 0 Å². The molecule has 0 spiro atoms. The Morgan fingerprint density at radius 3 is 2.41 bits per heavy atom. The average molecular weight is 490 g/mol. The zero-order valence-corrected chi connectivity index (χ0v) is 19.4. The summed E-state index contributed by atoms with van der Waals surface area (Å²) < 4.78 is 32.7. The van der Waals surface area contributed by atoms with Gasteiger partial charge in [-0.15, -0.1) is 0 Å². The molecule has 2 rings (SSSR count). The Morgan fingerprint density at radius 2 is 1.83 bits per heavy atom. The van der Waals surface area contributed by atoms with Crippen LogP contribution in [0, 0.1) is 0 Å². The lowest BCUT2D eigenvalue weighted by Gasteiger charge is -2.34. The first-order valence-corrected chi connectivity index (χ1v) is 11.7. The highest BCUT2D eigenvalue weighted by Gasteiger charge is 2.30. The van der Waals surface area contributed by atoms with E-state index in [1.54, 1.807) is 49.9 Å². The number of hydrogen-bond donors (Lipinski definition) is 1. The van der Waals surface area contributed by atoms with Crippen LogP contribution in [0.5, 0.6) is 0 Å². The number of alkyl carbamates (subject to hydrolysis) is 1. The first kappa shape index (κ1) is 23.6. The summed E-state index contributed by atoms with van der Waals surface area (Å²) in [5.41, 5.74) is -0.560. The highest BCUT2D eigenvalue weighted by molar-refractivity contribution is 9.10. The Bertz CT molecular complexity index is 830. The molecular formula is C19H28BrN3O5S.